The number of phosphoric acid groups is 1. The number of unbranched alkanes of at least 4 members (excludes halogenated alkanes) is 11. The molecule has 0 aliphatic heterocycles. The molecule has 0 amide bonds. The molecule has 0 saturated heterocycles. The predicted octanol–water partition coefficient (Wildman–Crippen LogP) is 10.6. The Morgan fingerprint density at radius 2 is 1.09 bits per heavy atom. The largest absolute Gasteiger partial charge is 0.480 e. The third-order valence-corrected chi connectivity index (χ3v) is 8.95. The van der Waals surface area contributed by atoms with Gasteiger partial charge in [-0.25, -0.2) is 4.57 Å². The Labute approximate surface area is 321 Å². The van der Waals surface area contributed by atoms with E-state index in [1.807, 2.05) is 0 Å². The van der Waals surface area contributed by atoms with Crippen molar-refractivity contribution in [1.29, 1.82) is 0 Å². The van der Waals surface area contributed by atoms with Gasteiger partial charge in [0.25, 0.3) is 0 Å². The molecule has 10 nitrogen and oxygen atoms in total. The fraction of sp³-hybridized carbons (Fsp3) is 0.667. The van der Waals surface area contributed by atoms with E-state index < -0.39 is 45.1 Å². The molecular weight excluding hydrogens is 693 g/mol. The molecule has 0 spiro atoms. The summed E-state index contributed by atoms with van der Waals surface area (Å²) in [6, 6.07) is -1.48. The molecule has 0 aliphatic carbocycles. The maximum absolute atomic E-state index is 12.5. The van der Waals surface area contributed by atoms with Crippen molar-refractivity contribution in [2.24, 2.45) is 5.73 Å². The lowest BCUT2D eigenvalue weighted by Gasteiger charge is -2.20. The van der Waals surface area contributed by atoms with Crippen LogP contribution in [0.15, 0.2) is 72.9 Å². The van der Waals surface area contributed by atoms with Crippen molar-refractivity contribution >= 4 is 19.8 Å². The van der Waals surface area contributed by atoms with Gasteiger partial charge in [0.2, 0.25) is 0 Å². The van der Waals surface area contributed by atoms with Gasteiger partial charge in [0, 0.05) is 13.0 Å². The van der Waals surface area contributed by atoms with Crippen LogP contribution >= 0.6 is 7.82 Å². The van der Waals surface area contributed by atoms with Crippen LogP contribution in [0, 0.1) is 0 Å². The van der Waals surface area contributed by atoms with Crippen LogP contribution in [0.1, 0.15) is 142 Å². The molecule has 0 aliphatic rings. The number of allylic oxidation sites excluding steroid dienone is 12. The highest BCUT2D eigenvalue weighted by Gasteiger charge is 2.27. The van der Waals surface area contributed by atoms with Gasteiger partial charge < -0.3 is 25.2 Å². The zero-order valence-corrected chi connectivity index (χ0v) is 33.7. The molecule has 0 heterocycles. The van der Waals surface area contributed by atoms with Gasteiger partial charge in [-0.3, -0.25) is 18.6 Å². The third kappa shape index (κ3) is 37.5. The normalized spacial score (nSPS) is 14.8. The average molecular weight is 766 g/mol. The van der Waals surface area contributed by atoms with Crippen molar-refractivity contribution in [3.05, 3.63) is 72.9 Å². The van der Waals surface area contributed by atoms with E-state index in [2.05, 4.69) is 91.3 Å². The number of carboxylic acids is 1. The minimum absolute atomic E-state index is 0.00864. The van der Waals surface area contributed by atoms with Gasteiger partial charge in [0.15, 0.2) is 0 Å². The van der Waals surface area contributed by atoms with Gasteiger partial charge in [-0.2, -0.15) is 0 Å². The topological polar surface area (TPSA) is 155 Å². The molecule has 3 unspecified atom stereocenters. The number of phosphoric ester groups is 1. The number of aliphatic carboxylic acids is 1. The van der Waals surface area contributed by atoms with Gasteiger partial charge in [-0.1, -0.05) is 145 Å². The Morgan fingerprint density at radius 3 is 1.62 bits per heavy atom. The van der Waals surface area contributed by atoms with Crippen molar-refractivity contribution in [2.45, 2.75) is 154 Å². The first-order chi connectivity index (χ1) is 25.7. The van der Waals surface area contributed by atoms with Gasteiger partial charge in [0.1, 0.15) is 12.1 Å². The Balaban J connectivity index is 4.29. The number of carbonyl (C=O) groups excluding carboxylic acids is 1. The number of esters is 1. The Kier molecular flexibility index (Phi) is 35.9. The van der Waals surface area contributed by atoms with Gasteiger partial charge in [-0.15, -0.1) is 0 Å². The second-order valence-corrected chi connectivity index (χ2v) is 14.5. The molecule has 304 valence electrons. The lowest BCUT2D eigenvalue weighted by molar-refractivity contribution is -0.154. The maximum atomic E-state index is 12.5. The third-order valence-electron chi connectivity index (χ3n) is 8.00. The van der Waals surface area contributed by atoms with Crippen molar-refractivity contribution in [2.75, 3.05) is 26.4 Å². The number of rotatable bonds is 37. The van der Waals surface area contributed by atoms with Crippen LogP contribution in [0.4, 0.5) is 0 Å². The highest BCUT2D eigenvalue weighted by Crippen LogP contribution is 2.43. The fourth-order valence-electron chi connectivity index (χ4n) is 4.90. The number of nitrogens with two attached hydrogens (primary N) is 1. The summed E-state index contributed by atoms with van der Waals surface area (Å²) < 4.78 is 33.1. The molecule has 11 heteroatoms. The van der Waals surface area contributed by atoms with E-state index in [4.69, 9.17) is 24.8 Å². The second kappa shape index (κ2) is 37.7. The predicted molar refractivity (Wildman–Crippen MR) is 217 cm³/mol. The van der Waals surface area contributed by atoms with Crippen LogP contribution in [-0.2, 0) is 32.7 Å². The molecule has 0 aromatic carbocycles. The molecule has 0 rings (SSSR count). The quantitative estimate of drug-likeness (QED) is 0.0241. The van der Waals surface area contributed by atoms with E-state index >= 15 is 0 Å². The second-order valence-electron chi connectivity index (χ2n) is 13.0. The molecule has 3 atom stereocenters. The lowest BCUT2D eigenvalue weighted by atomic mass is 10.1. The first-order valence-corrected chi connectivity index (χ1v) is 21.5. The SMILES string of the molecule is CC/C=C\C/C=C\C/C=C\C/C=C\C/C=C\C/C=C\CCCCCOCC(COP(=O)(O)OCC(N)C(=O)O)OC(=O)CCCCCCCCCCC. The van der Waals surface area contributed by atoms with Crippen molar-refractivity contribution in [3.63, 3.8) is 0 Å². The zero-order chi connectivity index (χ0) is 39.1. The first-order valence-electron chi connectivity index (χ1n) is 20.0. The van der Waals surface area contributed by atoms with E-state index in [-0.39, 0.29) is 13.0 Å². The molecule has 0 radical (unpaired) electrons. The number of carboxylic acid groups (broad SMARTS) is 1. The smallest absolute Gasteiger partial charge is 0.472 e. The fourth-order valence-corrected chi connectivity index (χ4v) is 5.68. The van der Waals surface area contributed by atoms with Gasteiger partial charge >= 0.3 is 19.8 Å². The van der Waals surface area contributed by atoms with Crippen LogP contribution in [0.25, 0.3) is 0 Å². The van der Waals surface area contributed by atoms with E-state index in [1.165, 1.54) is 32.1 Å². The molecule has 0 aromatic rings. The van der Waals surface area contributed by atoms with Gasteiger partial charge in [-0.05, 0) is 64.2 Å². The minimum Gasteiger partial charge on any atom is -0.480 e. The molecule has 0 aromatic heterocycles. The molecule has 53 heavy (non-hydrogen) atoms. The zero-order valence-electron chi connectivity index (χ0n) is 32.8. The van der Waals surface area contributed by atoms with Crippen LogP contribution in [0.5, 0.6) is 0 Å². The summed E-state index contributed by atoms with van der Waals surface area (Å²) in [5.74, 6) is -1.80. The summed E-state index contributed by atoms with van der Waals surface area (Å²) in [6.07, 6.45) is 45.4. The van der Waals surface area contributed by atoms with Crippen LogP contribution < -0.4 is 5.73 Å². The minimum atomic E-state index is -4.62. The number of hydrogen-bond acceptors (Lipinski definition) is 8. The molecular formula is C42H72NO9P. The highest BCUT2D eigenvalue weighted by molar-refractivity contribution is 7.47. The lowest BCUT2D eigenvalue weighted by Crippen LogP contribution is -2.34. The monoisotopic (exact) mass is 765 g/mol. The molecule has 0 bridgehead atoms. The van der Waals surface area contributed by atoms with Crippen molar-refractivity contribution < 1.29 is 42.7 Å². The summed E-state index contributed by atoms with van der Waals surface area (Å²) >= 11 is 0. The Hall–Kier alpha value is -2.59. The standard InChI is InChI=1S/C42H72NO9P/c1-3-5-7-9-11-13-14-15-16-17-18-19-20-21-22-23-24-25-27-29-31-33-35-49-36-39(37-50-53(47,48)51-38-40(43)42(45)46)52-41(44)34-32-30-28-26-12-10-8-6-4-2/h5,7,11,13,15-16,18-19,21-22,24-25,39-40H,3-4,6,8-10,12,14,17,20,23,26-38,43H2,1-2H3,(H,45,46)(H,47,48)/b7-5-,13-11-,16-15-,19-18-,22-21-,25-24-. The Bertz CT molecular complexity index is 1120. The maximum Gasteiger partial charge on any atom is 0.472 e. The first kappa shape index (κ1) is 50.4. The summed E-state index contributed by atoms with van der Waals surface area (Å²) in [5, 5.41) is 8.86. The molecule has 0 fully saturated rings. The average Bonchev–Trinajstić information content (AvgIpc) is 3.13. The molecule has 4 N–H and O–H groups in total. The van der Waals surface area contributed by atoms with Crippen molar-refractivity contribution in [3.8, 4) is 0 Å². The van der Waals surface area contributed by atoms with E-state index in [0.717, 1.165) is 83.5 Å². The summed E-state index contributed by atoms with van der Waals surface area (Å²) in [5.41, 5.74) is 5.33. The van der Waals surface area contributed by atoms with Crippen LogP contribution in [0.2, 0.25) is 0 Å². The summed E-state index contributed by atoms with van der Waals surface area (Å²) in [7, 11) is -4.62. The van der Waals surface area contributed by atoms with E-state index in [1.54, 1.807) is 0 Å². The van der Waals surface area contributed by atoms with E-state index in [9.17, 15) is 19.0 Å². The summed E-state index contributed by atoms with van der Waals surface area (Å²) in [6.45, 7) is 3.63. The van der Waals surface area contributed by atoms with E-state index in [0.29, 0.717) is 13.0 Å². The number of hydrogen-bond donors (Lipinski definition) is 3. The Morgan fingerprint density at radius 1 is 0.623 bits per heavy atom. The number of ether oxygens (including phenoxy) is 2. The van der Waals surface area contributed by atoms with Crippen LogP contribution in [-0.4, -0.2) is 60.5 Å². The highest BCUT2D eigenvalue weighted by atomic mass is 31.2. The summed E-state index contributed by atoms with van der Waals surface area (Å²) in [4.78, 5) is 33.3. The van der Waals surface area contributed by atoms with Gasteiger partial charge in [0.05, 0.1) is 19.8 Å². The van der Waals surface area contributed by atoms with Crippen molar-refractivity contribution in [1.82, 2.24) is 0 Å². The molecule has 0 saturated carbocycles. The number of carbonyl (C=O) groups is 2. The van der Waals surface area contributed by atoms with Crippen LogP contribution in [0.3, 0.4) is 0 Å².